The van der Waals surface area contributed by atoms with Gasteiger partial charge in [0.2, 0.25) is 0 Å². The van der Waals surface area contributed by atoms with Gasteiger partial charge in [-0.05, 0) is 6.07 Å². The highest BCUT2D eigenvalue weighted by atomic mass is 16.3. The van der Waals surface area contributed by atoms with Gasteiger partial charge in [-0.15, -0.1) is 0 Å². The molecule has 0 aliphatic heterocycles. The monoisotopic (exact) mass is 256 g/mol. The molecule has 0 bridgehead atoms. The molecule has 0 spiro atoms. The summed E-state index contributed by atoms with van der Waals surface area (Å²) in [4.78, 5) is 0. The van der Waals surface area contributed by atoms with E-state index >= 15 is 0 Å². The lowest BCUT2D eigenvalue weighted by Crippen LogP contribution is -2.38. The molecule has 0 aliphatic rings. The molecular formula is C14H16N4O. The summed E-state index contributed by atoms with van der Waals surface area (Å²) >= 11 is 0. The fraction of sp³-hybridized carbons (Fsp3) is 0.0714. The van der Waals surface area contributed by atoms with E-state index < -0.39 is 0 Å². The Morgan fingerprint density at radius 3 is 2.32 bits per heavy atom. The van der Waals surface area contributed by atoms with Crippen molar-refractivity contribution in [3.05, 3.63) is 65.7 Å². The van der Waals surface area contributed by atoms with E-state index in [0.29, 0.717) is 17.9 Å². The summed E-state index contributed by atoms with van der Waals surface area (Å²) in [7, 11) is 0. The quantitative estimate of drug-likeness (QED) is 0.335. The van der Waals surface area contributed by atoms with E-state index in [2.05, 4.69) is 5.10 Å². The molecule has 0 saturated carbocycles. The topological polar surface area (TPSA) is 87.9 Å². The van der Waals surface area contributed by atoms with Gasteiger partial charge in [-0.25, -0.2) is 5.84 Å². The Balaban J connectivity index is 2.20. The predicted molar refractivity (Wildman–Crippen MR) is 75.0 cm³/mol. The molecule has 0 heterocycles. The molecule has 5 nitrogen and oxygen atoms in total. The van der Waals surface area contributed by atoms with E-state index in [1.54, 1.807) is 18.2 Å². The number of nitrogens with zero attached hydrogens (tertiary/aromatic N) is 2. The number of benzene rings is 2. The average molecular weight is 256 g/mol. The SMILES string of the molecule is N/N=C(/c1ccccc1)N(N)Cc1ccccc1O. The van der Waals surface area contributed by atoms with Gasteiger partial charge in [0.15, 0.2) is 5.84 Å². The van der Waals surface area contributed by atoms with E-state index in [9.17, 15) is 5.11 Å². The van der Waals surface area contributed by atoms with Crippen LogP contribution in [0.25, 0.3) is 0 Å². The molecule has 2 rings (SSSR count). The number of para-hydroxylation sites is 1. The van der Waals surface area contributed by atoms with Crippen LogP contribution in [0.5, 0.6) is 5.75 Å². The first-order valence-electron chi connectivity index (χ1n) is 5.85. The maximum absolute atomic E-state index is 9.73. The summed E-state index contributed by atoms with van der Waals surface area (Å²) < 4.78 is 0. The largest absolute Gasteiger partial charge is 0.508 e. The van der Waals surface area contributed by atoms with Gasteiger partial charge in [0.05, 0.1) is 6.54 Å². The molecule has 0 atom stereocenters. The predicted octanol–water partition coefficient (Wildman–Crippen LogP) is 1.39. The van der Waals surface area contributed by atoms with Crippen molar-refractivity contribution in [2.75, 3.05) is 0 Å². The van der Waals surface area contributed by atoms with Crippen LogP contribution >= 0.6 is 0 Å². The van der Waals surface area contributed by atoms with Crippen molar-refractivity contribution in [3.63, 3.8) is 0 Å². The Labute approximate surface area is 111 Å². The third-order valence-electron chi connectivity index (χ3n) is 2.76. The number of hydrogen-bond donors (Lipinski definition) is 3. The van der Waals surface area contributed by atoms with Gasteiger partial charge in [0.1, 0.15) is 5.75 Å². The summed E-state index contributed by atoms with van der Waals surface area (Å²) in [5.41, 5.74) is 1.53. The van der Waals surface area contributed by atoms with Gasteiger partial charge in [0.25, 0.3) is 0 Å². The summed E-state index contributed by atoms with van der Waals surface area (Å²) in [6.07, 6.45) is 0. The summed E-state index contributed by atoms with van der Waals surface area (Å²) in [5.74, 6) is 12.0. The second-order valence-corrected chi connectivity index (χ2v) is 4.08. The lowest BCUT2D eigenvalue weighted by atomic mass is 10.1. The van der Waals surface area contributed by atoms with Crippen LogP contribution in [0.15, 0.2) is 59.7 Å². The number of nitrogens with two attached hydrogens (primary N) is 2. The van der Waals surface area contributed by atoms with Gasteiger partial charge >= 0.3 is 0 Å². The Morgan fingerprint density at radius 1 is 1.05 bits per heavy atom. The first-order valence-corrected chi connectivity index (χ1v) is 5.85. The van der Waals surface area contributed by atoms with E-state index in [1.165, 1.54) is 5.01 Å². The third-order valence-corrected chi connectivity index (χ3v) is 2.76. The zero-order valence-electron chi connectivity index (χ0n) is 10.4. The van der Waals surface area contributed by atoms with Crippen LogP contribution in [0, 0.1) is 0 Å². The van der Waals surface area contributed by atoms with Crippen LogP contribution in [0.3, 0.4) is 0 Å². The molecule has 0 aromatic heterocycles. The van der Waals surface area contributed by atoms with Gasteiger partial charge in [-0.3, -0.25) is 5.01 Å². The van der Waals surface area contributed by atoms with Crippen molar-refractivity contribution in [1.29, 1.82) is 0 Å². The number of hydrazone groups is 1. The first kappa shape index (κ1) is 12.9. The number of aromatic hydroxyl groups is 1. The molecule has 0 fully saturated rings. The lowest BCUT2D eigenvalue weighted by Gasteiger charge is -2.20. The maximum atomic E-state index is 9.73. The van der Waals surface area contributed by atoms with E-state index in [0.717, 1.165) is 5.56 Å². The smallest absolute Gasteiger partial charge is 0.169 e. The van der Waals surface area contributed by atoms with Crippen LogP contribution < -0.4 is 11.7 Å². The molecule has 0 saturated heterocycles. The Hall–Kier alpha value is -2.53. The molecule has 5 N–H and O–H groups in total. The van der Waals surface area contributed by atoms with Gasteiger partial charge < -0.3 is 10.9 Å². The van der Waals surface area contributed by atoms with Crippen molar-refractivity contribution >= 4 is 5.84 Å². The fourth-order valence-corrected chi connectivity index (χ4v) is 1.80. The highest BCUT2D eigenvalue weighted by Crippen LogP contribution is 2.17. The summed E-state index contributed by atoms with van der Waals surface area (Å²) in [6.45, 7) is 0.317. The molecule has 19 heavy (non-hydrogen) atoms. The third kappa shape index (κ3) is 3.02. The van der Waals surface area contributed by atoms with E-state index in [1.807, 2.05) is 36.4 Å². The molecule has 5 heteroatoms. The molecule has 2 aromatic rings. The molecule has 0 radical (unpaired) electrons. The number of phenolic OH excluding ortho intramolecular Hbond substituents is 1. The number of amidine groups is 1. The van der Waals surface area contributed by atoms with Crippen LogP contribution in [0.2, 0.25) is 0 Å². The van der Waals surface area contributed by atoms with E-state index in [-0.39, 0.29) is 5.75 Å². The molecular weight excluding hydrogens is 240 g/mol. The lowest BCUT2D eigenvalue weighted by molar-refractivity contribution is 0.409. The Kier molecular flexibility index (Phi) is 4.00. The highest BCUT2D eigenvalue weighted by Gasteiger charge is 2.12. The van der Waals surface area contributed by atoms with Crippen molar-refractivity contribution in [1.82, 2.24) is 5.01 Å². The zero-order valence-corrected chi connectivity index (χ0v) is 10.4. The number of hydrazine groups is 1. The van der Waals surface area contributed by atoms with Crippen LogP contribution in [0.1, 0.15) is 11.1 Å². The van der Waals surface area contributed by atoms with E-state index in [4.69, 9.17) is 11.7 Å². The van der Waals surface area contributed by atoms with Gasteiger partial charge in [-0.2, -0.15) is 5.10 Å². The Bertz CT molecular complexity index is 569. The van der Waals surface area contributed by atoms with Crippen molar-refractivity contribution in [2.45, 2.75) is 6.54 Å². The van der Waals surface area contributed by atoms with Crippen molar-refractivity contribution in [3.8, 4) is 5.75 Å². The first-order chi connectivity index (χ1) is 9.22. The fourth-order valence-electron chi connectivity index (χ4n) is 1.80. The van der Waals surface area contributed by atoms with Gasteiger partial charge in [-0.1, -0.05) is 48.5 Å². The highest BCUT2D eigenvalue weighted by molar-refractivity contribution is 5.98. The second-order valence-electron chi connectivity index (χ2n) is 4.08. The van der Waals surface area contributed by atoms with Crippen LogP contribution in [-0.2, 0) is 6.54 Å². The molecule has 0 unspecified atom stereocenters. The molecule has 98 valence electrons. The average Bonchev–Trinajstić information content (AvgIpc) is 2.43. The molecule has 0 amide bonds. The van der Waals surface area contributed by atoms with Crippen LogP contribution in [-0.4, -0.2) is 16.0 Å². The standard InChI is InChI=1S/C14H16N4O/c15-17-14(11-6-2-1-3-7-11)18(16)10-12-8-4-5-9-13(12)19/h1-9,19H,10,15-16H2/b17-14-. The number of hydrogen-bond acceptors (Lipinski definition) is 4. The summed E-state index contributed by atoms with van der Waals surface area (Å²) in [5, 5.41) is 14.9. The minimum absolute atomic E-state index is 0.197. The van der Waals surface area contributed by atoms with Crippen molar-refractivity contribution < 1.29 is 5.11 Å². The minimum Gasteiger partial charge on any atom is -0.508 e. The second kappa shape index (κ2) is 5.88. The minimum atomic E-state index is 0.197. The zero-order chi connectivity index (χ0) is 13.7. The number of phenols is 1. The van der Waals surface area contributed by atoms with Gasteiger partial charge in [0, 0.05) is 11.1 Å². The molecule has 0 aliphatic carbocycles. The van der Waals surface area contributed by atoms with Crippen LogP contribution in [0.4, 0.5) is 0 Å². The Morgan fingerprint density at radius 2 is 1.68 bits per heavy atom. The molecule has 2 aromatic carbocycles. The normalized spacial score (nSPS) is 11.3. The summed E-state index contributed by atoms with van der Waals surface area (Å²) in [6, 6.07) is 16.4. The van der Waals surface area contributed by atoms with Crippen molar-refractivity contribution in [2.24, 2.45) is 16.8 Å². The maximum Gasteiger partial charge on any atom is 0.169 e. The number of rotatable bonds is 3.